The number of hydrogen-bond donors (Lipinski definition) is 0. The van der Waals surface area contributed by atoms with Gasteiger partial charge in [0.2, 0.25) is 0 Å². The van der Waals surface area contributed by atoms with Crippen molar-refractivity contribution in [2.24, 2.45) is 0 Å². The summed E-state index contributed by atoms with van der Waals surface area (Å²) in [5, 5.41) is 0. The number of carbonyl (C=O) groups excluding carboxylic acids is 3. The summed E-state index contributed by atoms with van der Waals surface area (Å²) in [6.45, 7) is 6.63. The van der Waals surface area contributed by atoms with E-state index >= 15 is 0 Å². The van der Waals surface area contributed by atoms with E-state index in [1.165, 1.54) is 212 Å². The van der Waals surface area contributed by atoms with Gasteiger partial charge in [-0.25, -0.2) is 0 Å². The van der Waals surface area contributed by atoms with Crippen molar-refractivity contribution in [1.82, 2.24) is 0 Å². The third kappa shape index (κ3) is 52.7. The minimum atomic E-state index is -0.771. The number of allylic oxidation sites excluding steroid dienone is 4. The molecule has 382 valence electrons. The van der Waals surface area contributed by atoms with E-state index in [9.17, 15) is 14.4 Å². The molecule has 0 aliphatic carbocycles. The van der Waals surface area contributed by atoms with Crippen molar-refractivity contribution in [3.63, 3.8) is 0 Å². The zero-order chi connectivity index (χ0) is 47.2. The zero-order valence-corrected chi connectivity index (χ0v) is 43.8. The number of hydrogen-bond acceptors (Lipinski definition) is 6. The molecule has 0 heterocycles. The molecule has 0 aromatic rings. The number of unbranched alkanes of at least 4 members (excludes halogenated alkanes) is 38. The van der Waals surface area contributed by atoms with Crippen molar-refractivity contribution in [2.45, 2.75) is 322 Å². The fourth-order valence-electron chi connectivity index (χ4n) is 8.54. The molecule has 0 aliphatic rings. The Morgan fingerprint density at radius 1 is 0.292 bits per heavy atom. The molecule has 0 unspecified atom stereocenters. The highest BCUT2D eigenvalue weighted by Crippen LogP contribution is 2.17. The van der Waals surface area contributed by atoms with E-state index in [4.69, 9.17) is 14.2 Å². The van der Waals surface area contributed by atoms with Gasteiger partial charge in [-0.15, -0.1) is 0 Å². The second-order valence-electron chi connectivity index (χ2n) is 19.6. The Balaban J connectivity index is 4.24. The predicted molar refractivity (Wildman–Crippen MR) is 279 cm³/mol. The minimum Gasteiger partial charge on any atom is -0.462 e. The van der Waals surface area contributed by atoms with Crippen LogP contribution in [0, 0.1) is 0 Å². The fourth-order valence-corrected chi connectivity index (χ4v) is 8.54. The molecule has 0 bridgehead atoms. The summed E-state index contributed by atoms with van der Waals surface area (Å²) in [6, 6.07) is 0. The van der Waals surface area contributed by atoms with Crippen LogP contribution in [0.4, 0.5) is 0 Å². The normalized spacial score (nSPS) is 12.1. The van der Waals surface area contributed by atoms with Crippen molar-refractivity contribution in [2.75, 3.05) is 13.2 Å². The van der Waals surface area contributed by atoms with Crippen LogP contribution in [0.1, 0.15) is 316 Å². The smallest absolute Gasteiger partial charge is 0.306 e. The number of rotatable bonds is 53. The lowest BCUT2D eigenvalue weighted by molar-refractivity contribution is -0.167. The second kappa shape index (κ2) is 54.5. The molecular weight excluding hydrogens is 805 g/mol. The van der Waals surface area contributed by atoms with E-state index in [-0.39, 0.29) is 31.1 Å². The largest absolute Gasteiger partial charge is 0.462 e. The van der Waals surface area contributed by atoms with Gasteiger partial charge >= 0.3 is 17.9 Å². The molecule has 0 fully saturated rings. The Morgan fingerprint density at radius 2 is 0.523 bits per heavy atom. The first kappa shape index (κ1) is 62.9. The van der Waals surface area contributed by atoms with E-state index in [0.717, 1.165) is 64.2 Å². The van der Waals surface area contributed by atoms with Gasteiger partial charge in [0, 0.05) is 19.3 Å². The third-order valence-corrected chi connectivity index (χ3v) is 12.9. The van der Waals surface area contributed by atoms with Crippen LogP contribution in [0.15, 0.2) is 24.3 Å². The molecule has 65 heavy (non-hydrogen) atoms. The van der Waals surface area contributed by atoms with E-state index in [1.807, 2.05) is 0 Å². The summed E-state index contributed by atoms with van der Waals surface area (Å²) >= 11 is 0. The van der Waals surface area contributed by atoms with Gasteiger partial charge in [0.1, 0.15) is 13.2 Å². The molecule has 0 aromatic carbocycles. The highest BCUT2D eigenvalue weighted by Gasteiger charge is 2.19. The van der Waals surface area contributed by atoms with Gasteiger partial charge in [-0.3, -0.25) is 14.4 Å². The van der Waals surface area contributed by atoms with Crippen LogP contribution < -0.4 is 0 Å². The zero-order valence-electron chi connectivity index (χ0n) is 43.8. The first-order valence-electron chi connectivity index (χ1n) is 28.8. The predicted octanol–water partition coefficient (Wildman–Crippen LogP) is 19.1. The van der Waals surface area contributed by atoms with Gasteiger partial charge in [0.25, 0.3) is 0 Å². The monoisotopic (exact) mass is 915 g/mol. The molecule has 0 aliphatic heterocycles. The molecule has 0 rings (SSSR count). The van der Waals surface area contributed by atoms with Crippen LogP contribution in [0.25, 0.3) is 0 Å². The topological polar surface area (TPSA) is 78.9 Å². The van der Waals surface area contributed by atoms with Crippen LogP contribution in [-0.4, -0.2) is 37.2 Å². The van der Waals surface area contributed by atoms with E-state index < -0.39 is 6.10 Å². The Hall–Kier alpha value is -2.11. The Labute approximate surface area is 404 Å². The van der Waals surface area contributed by atoms with Crippen molar-refractivity contribution in [3.8, 4) is 0 Å². The lowest BCUT2D eigenvalue weighted by Gasteiger charge is -2.18. The highest BCUT2D eigenvalue weighted by molar-refractivity contribution is 5.71. The highest BCUT2D eigenvalue weighted by atomic mass is 16.6. The molecule has 0 spiro atoms. The van der Waals surface area contributed by atoms with Crippen LogP contribution in [0.3, 0.4) is 0 Å². The van der Waals surface area contributed by atoms with Crippen LogP contribution in [-0.2, 0) is 28.6 Å². The van der Waals surface area contributed by atoms with E-state index in [1.54, 1.807) is 0 Å². The molecule has 6 heteroatoms. The molecule has 0 radical (unpaired) electrons. The summed E-state index contributed by atoms with van der Waals surface area (Å²) in [6.07, 6.45) is 63.2. The number of esters is 3. The Kier molecular flexibility index (Phi) is 52.7. The Bertz CT molecular complexity index is 1050. The standard InChI is InChI=1S/C59H110O6/c1-4-7-10-13-16-19-22-24-26-27-28-29-30-31-33-35-38-40-43-46-49-52-58(61)64-55-56(65-59(62)53-50-47-44-41-36-21-18-15-12-9-6-3)54-63-57(60)51-48-45-42-39-37-34-32-25-23-20-17-14-11-8-5-2/h15,18,24,26,56H,4-14,16-17,19-23,25,27-55H2,1-3H3/b18-15-,26-24-/t56-/m0/s1. The molecule has 1 atom stereocenters. The van der Waals surface area contributed by atoms with Crippen LogP contribution in [0.2, 0.25) is 0 Å². The maximum absolute atomic E-state index is 12.8. The lowest BCUT2D eigenvalue weighted by atomic mass is 10.0. The molecule has 0 saturated carbocycles. The number of carbonyl (C=O) groups is 3. The van der Waals surface area contributed by atoms with Gasteiger partial charge in [-0.05, 0) is 64.2 Å². The van der Waals surface area contributed by atoms with E-state index in [0.29, 0.717) is 19.3 Å². The van der Waals surface area contributed by atoms with Crippen molar-refractivity contribution in [1.29, 1.82) is 0 Å². The van der Waals surface area contributed by atoms with Crippen LogP contribution >= 0.6 is 0 Å². The molecule has 0 amide bonds. The Morgan fingerprint density at radius 3 is 0.815 bits per heavy atom. The van der Waals surface area contributed by atoms with Crippen molar-refractivity contribution < 1.29 is 28.6 Å². The van der Waals surface area contributed by atoms with E-state index in [2.05, 4.69) is 45.1 Å². The maximum atomic E-state index is 12.8. The van der Waals surface area contributed by atoms with Crippen molar-refractivity contribution >= 4 is 17.9 Å². The summed E-state index contributed by atoms with van der Waals surface area (Å²) in [5.74, 6) is -0.863. The summed E-state index contributed by atoms with van der Waals surface area (Å²) in [5.41, 5.74) is 0. The molecule has 0 saturated heterocycles. The summed E-state index contributed by atoms with van der Waals surface area (Å²) in [4.78, 5) is 38.1. The van der Waals surface area contributed by atoms with Gasteiger partial charge in [0.15, 0.2) is 6.10 Å². The summed E-state index contributed by atoms with van der Waals surface area (Å²) in [7, 11) is 0. The number of ether oxygens (including phenoxy) is 3. The summed E-state index contributed by atoms with van der Waals surface area (Å²) < 4.78 is 16.8. The average Bonchev–Trinajstić information content (AvgIpc) is 3.30. The SMILES string of the molecule is CCCC/C=C\CCCCCCCC(=O)O[C@H](COC(=O)CCCCCCCCCCCCC/C=C\CCCCCCCC)COC(=O)CCCCCCCCCCCCCCCCC. The average molecular weight is 916 g/mol. The van der Waals surface area contributed by atoms with Gasteiger partial charge < -0.3 is 14.2 Å². The first-order chi connectivity index (χ1) is 32.0. The molecule has 0 aromatic heterocycles. The quantitative estimate of drug-likeness (QED) is 0.0262. The van der Waals surface area contributed by atoms with Crippen LogP contribution in [0.5, 0.6) is 0 Å². The third-order valence-electron chi connectivity index (χ3n) is 12.9. The van der Waals surface area contributed by atoms with Gasteiger partial charge in [0.05, 0.1) is 0 Å². The van der Waals surface area contributed by atoms with Crippen molar-refractivity contribution in [3.05, 3.63) is 24.3 Å². The maximum Gasteiger partial charge on any atom is 0.306 e. The van der Waals surface area contributed by atoms with Gasteiger partial charge in [-0.2, -0.15) is 0 Å². The molecular formula is C59H110O6. The lowest BCUT2D eigenvalue weighted by Crippen LogP contribution is -2.30. The fraction of sp³-hybridized carbons (Fsp3) is 0.881. The molecule has 0 N–H and O–H groups in total. The van der Waals surface area contributed by atoms with Gasteiger partial charge in [-0.1, -0.05) is 257 Å². The first-order valence-corrected chi connectivity index (χ1v) is 28.8. The molecule has 6 nitrogen and oxygen atoms in total. The minimum absolute atomic E-state index is 0.0704. The second-order valence-corrected chi connectivity index (χ2v) is 19.6.